The molecule has 1 heterocycles. The molecule has 1 atom stereocenters. The minimum atomic E-state index is -0.708. The highest BCUT2D eigenvalue weighted by molar-refractivity contribution is 6.01. The van der Waals surface area contributed by atoms with E-state index >= 15 is 0 Å². The standard InChI is InChI=1S/C21H27N3O6/c1-13-7-8-17(29-2)16(9-13)24-11-14(10-19(24)26)20(27)30-12-18(25)23-21(28)22-15-5-3-4-6-15/h7-9,14-15H,3-6,10-12H2,1-2H3,(H2,22,23,25,28)/t14-/m1/s1. The van der Waals surface area contributed by atoms with Gasteiger partial charge in [-0.2, -0.15) is 0 Å². The highest BCUT2D eigenvalue weighted by Crippen LogP contribution is 2.34. The van der Waals surface area contributed by atoms with Gasteiger partial charge >= 0.3 is 12.0 Å². The number of aryl methyl sites for hydroxylation is 1. The highest BCUT2D eigenvalue weighted by atomic mass is 16.5. The van der Waals surface area contributed by atoms with Gasteiger partial charge in [0, 0.05) is 19.0 Å². The smallest absolute Gasteiger partial charge is 0.321 e. The summed E-state index contributed by atoms with van der Waals surface area (Å²) in [4.78, 5) is 50.0. The van der Waals surface area contributed by atoms with Gasteiger partial charge in [0.25, 0.3) is 5.91 Å². The summed E-state index contributed by atoms with van der Waals surface area (Å²) in [5, 5.41) is 4.88. The monoisotopic (exact) mass is 417 g/mol. The van der Waals surface area contributed by atoms with Crippen LogP contribution in [0.2, 0.25) is 0 Å². The fourth-order valence-corrected chi connectivity index (χ4v) is 3.82. The number of hydrogen-bond acceptors (Lipinski definition) is 6. The number of amides is 4. The van der Waals surface area contributed by atoms with Gasteiger partial charge in [0.1, 0.15) is 5.75 Å². The molecule has 3 rings (SSSR count). The molecular weight excluding hydrogens is 390 g/mol. The van der Waals surface area contributed by atoms with Crippen LogP contribution in [0.4, 0.5) is 10.5 Å². The lowest BCUT2D eigenvalue weighted by Gasteiger charge is -2.20. The highest BCUT2D eigenvalue weighted by Gasteiger charge is 2.37. The Bertz CT molecular complexity index is 834. The van der Waals surface area contributed by atoms with Crippen molar-refractivity contribution in [2.24, 2.45) is 5.92 Å². The fourth-order valence-electron chi connectivity index (χ4n) is 3.82. The minimum Gasteiger partial charge on any atom is -0.495 e. The lowest BCUT2D eigenvalue weighted by Crippen LogP contribution is -2.45. The molecule has 1 saturated heterocycles. The van der Waals surface area contributed by atoms with Crippen LogP contribution in [0.3, 0.4) is 0 Å². The van der Waals surface area contributed by atoms with Crippen molar-refractivity contribution in [3.05, 3.63) is 23.8 Å². The van der Waals surface area contributed by atoms with Gasteiger partial charge < -0.3 is 19.7 Å². The predicted octanol–water partition coefficient (Wildman–Crippen LogP) is 1.67. The molecular formula is C21H27N3O6. The summed E-state index contributed by atoms with van der Waals surface area (Å²) in [7, 11) is 1.52. The number of urea groups is 1. The summed E-state index contributed by atoms with van der Waals surface area (Å²) >= 11 is 0. The maximum absolute atomic E-state index is 12.4. The van der Waals surface area contributed by atoms with E-state index in [2.05, 4.69) is 10.6 Å². The Morgan fingerprint density at radius 1 is 1.20 bits per heavy atom. The number of rotatable bonds is 6. The molecule has 2 N–H and O–H groups in total. The first-order valence-corrected chi connectivity index (χ1v) is 10.1. The van der Waals surface area contributed by atoms with Crippen molar-refractivity contribution in [3.63, 3.8) is 0 Å². The summed E-state index contributed by atoms with van der Waals surface area (Å²) in [5.74, 6) is -1.73. The topological polar surface area (TPSA) is 114 Å². The molecule has 4 amide bonds. The molecule has 0 unspecified atom stereocenters. The zero-order valence-electron chi connectivity index (χ0n) is 17.2. The zero-order chi connectivity index (χ0) is 21.7. The average molecular weight is 417 g/mol. The van der Waals surface area contributed by atoms with Crippen LogP contribution in [-0.4, -0.2) is 50.1 Å². The summed E-state index contributed by atoms with van der Waals surface area (Å²) in [6.07, 6.45) is 3.90. The molecule has 2 fully saturated rings. The van der Waals surface area contributed by atoms with Crippen LogP contribution in [0.25, 0.3) is 0 Å². The third-order valence-electron chi connectivity index (χ3n) is 5.37. The van der Waals surface area contributed by atoms with Crippen molar-refractivity contribution in [2.75, 3.05) is 25.2 Å². The Kier molecular flexibility index (Phi) is 6.91. The normalized spacial score (nSPS) is 18.9. The van der Waals surface area contributed by atoms with Gasteiger partial charge in [-0.1, -0.05) is 18.9 Å². The lowest BCUT2D eigenvalue weighted by molar-refractivity contribution is -0.152. The van der Waals surface area contributed by atoms with E-state index in [1.807, 2.05) is 19.1 Å². The molecule has 1 saturated carbocycles. The molecule has 1 aromatic rings. The first-order valence-electron chi connectivity index (χ1n) is 10.1. The van der Waals surface area contributed by atoms with Crippen molar-refractivity contribution >= 4 is 29.5 Å². The molecule has 162 valence electrons. The van der Waals surface area contributed by atoms with Crippen molar-refractivity contribution in [3.8, 4) is 5.75 Å². The third kappa shape index (κ3) is 5.28. The summed E-state index contributed by atoms with van der Waals surface area (Å²) in [6.45, 7) is 1.47. The average Bonchev–Trinajstić information content (AvgIpc) is 3.35. The number of nitrogens with zero attached hydrogens (tertiary/aromatic N) is 1. The lowest BCUT2D eigenvalue weighted by atomic mass is 10.1. The van der Waals surface area contributed by atoms with Crippen LogP contribution in [0.5, 0.6) is 5.75 Å². The molecule has 9 nitrogen and oxygen atoms in total. The largest absolute Gasteiger partial charge is 0.495 e. The van der Waals surface area contributed by atoms with Gasteiger partial charge in [-0.05, 0) is 37.5 Å². The molecule has 0 spiro atoms. The summed E-state index contributed by atoms with van der Waals surface area (Å²) < 4.78 is 10.3. The Balaban J connectivity index is 1.49. The van der Waals surface area contributed by atoms with E-state index in [0.717, 1.165) is 31.2 Å². The van der Waals surface area contributed by atoms with Gasteiger partial charge in [-0.3, -0.25) is 19.7 Å². The molecule has 0 bridgehead atoms. The maximum Gasteiger partial charge on any atom is 0.321 e. The van der Waals surface area contributed by atoms with E-state index in [1.165, 1.54) is 12.0 Å². The van der Waals surface area contributed by atoms with Crippen molar-refractivity contribution in [2.45, 2.75) is 45.1 Å². The second-order valence-electron chi connectivity index (χ2n) is 7.69. The van der Waals surface area contributed by atoms with E-state index in [0.29, 0.717) is 11.4 Å². The van der Waals surface area contributed by atoms with Crippen molar-refractivity contribution in [1.29, 1.82) is 0 Å². The number of nitrogens with one attached hydrogen (secondary N) is 2. The molecule has 2 aliphatic rings. The third-order valence-corrected chi connectivity index (χ3v) is 5.37. The minimum absolute atomic E-state index is 0.0142. The second kappa shape index (κ2) is 9.60. The molecule has 0 aromatic heterocycles. The first kappa shape index (κ1) is 21.6. The van der Waals surface area contributed by atoms with Crippen LogP contribution < -0.4 is 20.3 Å². The van der Waals surface area contributed by atoms with Crippen molar-refractivity contribution < 1.29 is 28.7 Å². The number of methoxy groups -OCH3 is 1. The van der Waals surface area contributed by atoms with Crippen molar-refractivity contribution in [1.82, 2.24) is 10.6 Å². The number of anilines is 1. The van der Waals surface area contributed by atoms with Crippen LogP contribution in [0.1, 0.15) is 37.7 Å². The van der Waals surface area contributed by atoms with E-state index in [9.17, 15) is 19.2 Å². The number of ether oxygens (including phenoxy) is 2. The number of esters is 1. The van der Waals surface area contributed by atoms with E-state index in [1.54, 1.807) is 6.07 Å². The van der Waals surface area contributed by atoms with Crippen LogP contribution in [-0.2, 0) is 19.1 Å². The first-order chi connectivity index (χ1) is 14.4. The fraction of sp³-hybridized carbons (Fsp3) is 0.524. The maximum atomic E-state index is 12.4. The van der Waals surface area contributed by atoms with Crippen LogP contribution >= 0.6 is 0 Å². The van der Waals surface area contributed by atoms with E-state index in [-0.39, 0.29) is 24.9 Å². The van der Waals surface area contributed by atoms with Crippen LogP contribution in [0, 0.1) is 12.8 Å². The van der Waals surface area contributed by atoms with Gasteiger partial charge in [-0.15, -0.1) is 0 Å². The number of imide groups is 1. The molecule has 1 aromatic carbocycles. The molecule has 0 radical (unpaired) electrons. The summed E-state index contributed by atoms with van der Waals surface area (Å²) in [5.41, 5.74) is 1.55. The van der Waals surface area contributed by atoms with Gasteiger partial charge in [0.05, 0.1) is 18.7 Å². The SMILES string of the molecule is COc1ccc(C)cc1N1C[C@H](C(=O)OCC(=O)NC(=O)NC2CCCC2)CC1=O. The molecule has 30 heavy (non-hydrogen) atoms. The van der Waals surface area contributed by atoms with E-state index < -0.39 is 30.4 Å². The molecule has 9 heteroatoms. The number of carbonyl (C=O) groups excluding carboxylic acids is 4. The second-order valence-corrected chi connectivity index (χ2v) is 7.69. The van der Waals surface area contributed by atoms with Gasteiger partial charge in [0.2, 0.25) is 5.91 Å². The van der Waals surface area contributed by atoms with Gasteiger partial charge in [-0.25, -0.2) is 4.79 Å². The molecule has 1 aliphatic carbocycles. The van der Waals surface area contributed by atoms with Gasteiger partial charge in [0.15, 0.2) is 6.61 Å². The predicted molar refractivity (Wildman–Crippen MR) is 108 cm³/mol. The Morgan fingerprint density at radius 2 is 1.93 bits per heavy atom. The number of carbonyl (C=O) groups is 4. The summed E-state index contributed by atoms with van der Waals surface area (Å²) in [6, 6.07) is 4.95. The van der Waals surface area contributed by atoms with Crippen LogP contribution in [0.15, 0.2) is 18.2 Å². The zero-order valence-corrected chi connectivity index (χ0v) is 17.2. The van der Waals surface area contributed by atoms with E-state index in [4.69, 9.17) is 9.47 Å². The quantitative estimate of drug-likeness (QED) is 0.681. The number of hydrogen-bond donors (Lipinski definition) is 2. The Labute approximate surface area is 175 Å². The molecule has 1 aliphatic heterocycles. The Hall–Kier alpha value is -3.10. The Morgan fingerprint density at radius 3 is 2.63 bits per heavy atom. The number of benzene rings is 1.